The first kappa shape index (κ1) is 18.4. The summed E-state index contributed by atoms with van der Waals surface area (Å²) in [7, 11) is 0. The average molecular weight is 400 g/mol. The minimum Gasteiger partial charge on any atom is -0.486 e. The van der Waals surface area contributed by atoms with Crippen molar-refractivity contribution in [1.29, 1.82) is 0 Å². The number of nitrogens with one attached hydrogen (secondary N) is 2. The highest BCUT2D eigenvalue weighted by molar-refractivity contribution is 7.09. The lowest BCUT2D eigenvalue weighted by molar-refractivity contribution is -0.125. The Bertz CT molecular complexity index is 916. The molecule has 2 N–H and O–H groups in total. The number of ether oxygens (including phenoxy) is 1. The smallest absolute Gasteiger partial charge is 0.322 e. The van der Waals surface area contributed by atoms with Crippen molar-refractivity contribution in [3.8, 4) is 5.75 Å². The Morgan fingerprint density at radius 3 is 2.61 bits per heavy atom. The van der Waals surface area contributed by atoms with Crippen molar-refractivity contribution >= 4 is 29.2 Å². The van der Waals surface area contributed by atoms with Crippen LogP contribution in [-0.2, 0) is 11.4 Å². The molecule has 9 heteroatoms. The Balaban J connectivity index is 1.34. The van der Waals surface area contributed by atoms with Gasteiger partial charge in [-0.2, -0.15) is 0 Å². The van der Waals surface area contributed by atoms with Gasteiger partial charge in [-0.3, -0.25) is 14.9 Å². The summed E-state index contributed by atoms with van der Waals surface area (Å²) in [5.41, 5.74) is 0.652. The predicted molar refractivity (Wildman–Crippen MR) is 102 cm³/mol. The molecule has 8 nitrogen and oxygen atoms in total. The van der Waals surface area contributed by atoms with E-state index in [9.17, 15) is 14.4 Å². The molecule has 0 saturated carbocycles. The Kier molecular flexibility index (Phi) is 4.76. The molecule has 2 aliphatic heterocycles. The van der Waals surface area contributed by atoms with Gasteiger partial charge in [0.1, 0.15) is 28.6 Å². The van der Waals surface area contributed by atoms with Crippen molar-refractivity contribution in [3.63, 3.8) is 0 Å². The van der Waals surface area contributed by atoms with Crippen LogP contribution in [0.1, 0.15) is 33.9 Å². The summed E-state index contributed by atoms with van der Waals surface area (Å²) < 4.78 is 5.71. The third-order valence-electron chi connectivity index (χ3n) is 5.07. The number of amides is 4. The van der Waals surface area contributed by atoms with Gasteiger partial charge in [0.05, 0.1) is 0 Å². The van der Waals surface area contributed by atoms with Crippen molar-refractivity contribution in [1.82, 2.24) is 20.5 Å². The summed E-state index contributed by atoms with van der Waals surface area (Å²) in [6, 6.07) is 7.28. The molecule has 0 bridgehead atoms. The van der Waals surface area contributed by atoms with Crippen molar-refractivity contribution in [2.24, 2.45) is 0 Å². The highest BCUT2D eigenvalue weighted by Crippen LogP contribution is 2.26. The van der Waals surface area contributed by atoms with Crippen LogP contribution in [0, 0.1) is 6.92 Å². The summed E-state index contributed by atoms with van der Waals surface area (Å²) in [6.07, 6.45) is 0.785. The Morgan fingerprint density at radius 1 is 1.25 bits per heavy atom. The predicted octanol–water partition coefficient (Wildman–Crippen LogP) is 1.84. The molecule has 1 spiro atoms. The molecule has 2 saturated heterocycles. The van der Waals surface area contributed by atoms with E-state index in [0.717, 1.165) is 16.3 Å². The number of thiazole rings is 1. The van der Waals surface area contributed by atoms with Crippen LogP contribution in [0.25, 0.3) is 0 Å². The number of hydrogen-bond donors (Lipinski definition) is 2. The topological polar surface area (TPSA) is 101 Å². The van der Waals surface area contributed by atoms with Gasteiger partial charge in [-0.05, 0) is 31.9 Å². The second kappa shape index (κ2) is 7.23. The molecule has 4 amide bonds. The molecular weight excluding hydrogens is 380 g/mol. The number of urea groups is 1. The van der Waals surface area contributed by atoms with E-state index in [0.29, 0.717) is 38.2 Å². The third-order valence-corrected chi connectivity index (χ3v) is 5.90. The Labute approximate surface area is 165 Å². The second-order valence-electron chi connectivity index (χ2n) is 7.01. The van der Waals surface area contributed by atoms with Crippen molar-refractivity contribution in [2.75, 3.05) is 13.1 Å². The minimum atomic E-state index is -0.886. The molecule has 4 rings (SSSR count). The van der Waals surface area contributed by atoms with E-state index in [-0.39, 0.29) is 11.8 Å². The lowest BCUT2D eigenvalue weighted by Crippen LogP contribution is -2.55. The number of imide groups is 1. The zero-order valence-corrected chi connectivity index (χ0v) is 16.2. The minimum absolute atomic E-state index is 0.169. The van der Waals surface area contributed by atoms with Crippen LogP contribution in [0.4, 0.5) is 4.79 Å². The first-order chi connectivity index (χ1) is 13.4. The molecule has 28 heavy (non-hydrogen) atoms. The standard InChI is InChI=1S/C19H20N4O4S/c1-12-2-4-13(5-3-12)27-10-15-20-14(11-28-15)16(24)23-8-6-19(7-9-23)17(25)21-18(26)22-19/h2-5,11H,6-10H2,1H3,(H2,21,22,25,26). The number of benzene rings is 1. The molecule has 1 aromatic carbocycles. The van der Waals surface area contributed by atoms with E-state index < -0.39 is 11.6 Å². The fourth-order valence-electron chi connectivity index (χ4n) is 3.39. The van der Waals surface area contributed by atoms with Gasteiger partial charge in [-0.1, -0.05) is 17.7 Å². The maximum atomic E-state index is 12.7. The summed E-state index contributed by atoms with van der Waals surface area (Å²) >= 11 is 1.38. The normalized spacial score (nSPS) is 18.1. The molecule has 0 radical (unpaired) electrons. The van der Waals surface area contributed by atoms with Gasteiger partial charge in [0.25, 0.3) is 11.8 Å². The number of aryl methyl sites for hydroxylation is 1. The highest BCUT2D eigenvalue weighted by atomic mass is 32.1. The zero-order valence-electron chi connectivity index (χ0n) is 15.4. The van der Waals surface area contributed by atoms with E-state index in [1.807, 2.05) is 31.2 Å². The fraction of sp³-hybridized carbons (Fsp3) is 0.368. The Morgan fingerprint density at radius 2 is 1.96 bits per heavy atom. The molecule has 146 valence electrons. The third kappa shape index (κ3) is 3.57. The van der Waals surface area contributed by atoms with Crippen LogP contribution in [0.3, 0.4) is 0 Å². The first-order valence-electron chi connectivity index (χ1n) is 9.02. The van der Waals surface area contributed by atoms with Crippen molar-refractivity contribution < 1.29 is 19.1 Å². The van der Waals surface area contributed by atoms with Crippen molar-refractivity contribution in [2.45, 2.75) is 31.9 Å². The number of hydrogen-bond acceptors (Lipinski definition) is 6. The molecule has 0 unspecified atom stereocenters. The van der Waals surface area contributed by atoms with E-state index in [1.165, 1.54) is 11.3 Å². The SMILES string of the molecule is Cc1ccc(OCc2nc(C(=O)N3CCC4(CC3)NC(=O)NC4=O)cs2)cc1. The molecule has 1 aromatic heterocycles. The van der Waals surface area contributed by atoms with Crippen molar-refractivity contribution in [3.05, 3.63) is 45.9 Å². The quantitative estimate of drug-likeness (QED) is 0.763. The maximum Gasteiger partial charge on any atom is 0.322 e. The van der Waals surface area contributed by atoms with Gasteiger partial charge in [0.2, 0.25) is 0 Å². The van der Waals surface area contributed by atoms with E-state index in [4.69, 9.17) is 4.74 Å². The fourth-order valence-corrected chi connectivity index (χ4v) is 4.07. The lowest BCUT2D eigenvalue weighted by atomic mass is 9.87. The molecule has 2 aromatic rings. The monoisotopic (exact) mass is 400 g/mol. The van der Waals surface area contributed by atoms with Gasteiger partial charge in [0, 0.05) is 18.5 Å². The molecule has 2 aliphatic rings. The highest BCUT2D eigenvalue weighted by Gasteiger charge is 2.48. The first-order valence-corrected chi connectivity index (χ1v) is 9.90. The maximum absolute atomic E-state index is 12.7. The summed E-state index contributed by atoms with van der Waals surface area (Å²) in [5.74, 6) is 0.276. The average Bonchev–Trinajstić information content (AvgIpc) is 3.26. The van der Waals surface area contributed by atoms with E-state index in [2.05, 4.69) is 15.6 Å². The second-order valence-corrected chi connectivity index (χ2v) is 7.95. The van der Waals surface area contributed by atoms with Gasteiger partial charge in [0.15, 0.2) is 0 Å². The van der Waals surface area contributed by atoms with Crippen LogP contribution >= 0.6 is 11.3 Å². The molecule has 3 heterocycles. The van der Waals surface area contributed by atoms with Crippen LogP contribution < -0.4 is 15.4 Å². The van der Waals surface area contributed by atoms with Gasteiger partial charge >= 0.3 is 6.03 Å². The molecule has 0 atom stereocenters. The summed E-state index contributed by atoms with van der Waals surface area (Å²) in [4.78, 5) is 42.2. The van der Waals surface area contributed by atoms with Gasteiger partial charge in [-0.25, -0.2) is 9.78 Å². The van der Waals surface area contributed by atoms with Crippen LogP contribution in [0.2, 0.25) is 0 Å². The number of rotatable bonds is 4. The van der Waals surface area contributed by atoms with Crippen LogP contribution in [0.15, 0.2) is 29.6 Å². The number of aromatic nitrogens is 1. The number of nitrogens with zero attached hydrogens (tertiary/aromatic N) is 2. The van der Waals surface area contributed by atoms with E-state index in [1.54, 1.807) is 10.3 Å². The number of likely N-dealkylation sites (tertiary alicyclic amines) is 1. The summed E-state index contributed by atoms with van der Waals surface area (Å²) in [5, 5.41) is 7.41. The summed E-state index contributed by atoms with van der Waals surface area (Å²) in [6.45, 7) is 3.09. The number of carbonyl (C=O) groups excluding carboxylic acids is 3. The van der Waals surface area contributed by atoms with Crippen LogP contribution in [-0.4, -0.2) is 46.4 Å². The largest absolute Gasteiger partial charge is 0.486 e. The molecular formula is C19H20N4O4S. The molecule has 2 fully saturated rings. The van der Waals surface area contributed by atoms with E-state index >= 15 is 0 Å². The van der Waals surface area contributed by atoms with Gasteiger partial charge in [-0.15, -0.1) is 11.3 Å². The van der Waals surface area contributed by atoms with Crippen LogP contribution in [0.5, 0.6) is 5.75 Å². The zero-order chi connectivity index (χ0) is 19.7. The number of piperidine rings is 1. The number of carbonyl (C=O) groups is 3. The lowest BCUT2D eigenvalue weighted by Gasteiger charge is -2.36. The Hall–Kier alpha value is -2.94. The van der Waals surface area contributed by atoms with Gasteiger partial charge < -0.3 is 15.0 Å². The molecule has 0 aliphatic carbocycles.